The second-order valence-corrected chi connectivity index (χ2v) is 6.35. The Kier molecular flexibility index (Phi) is 5.19. The van der Waals surface area contributed by atoms with E-state index in [1.54, 1.807) is 22.9 Å². The highest BCUT2D eigenvalue weighted by molar-refractivity contribution is 5.99. The zero-order chi connectivity index (χ0) is 17.8. The molecular weight excluding hydrogens is 316 g/mol. The van der Waals surface area contributed by atoms with Crippen LogP contribution in [0.5, 0.6) is 5.75 Å². The van der Waals surface area contributed by atoms with Gasteiger partial charge in [0.15, 0.2) is 0 Å². The van der Waals surface area contributed by atoms with Crippen molar-refractivity contribution in [3.8, 4) is 5.75 Å². The fourth-order valence-electron chi connectivity index (χ4n) is 2.99. The molecule has 2 heterocycles. The van der Waals surface area contributed by atoms with E-state index in [0.717, 1.165) is 30.0 Å². The largest absolute Gasteiger partial charge is 0.497 e. The molecule has 1 N–H and O–H groups in total. The molecule has 1 unspecified atom stereocenters. The molecule has 1 saturated heterocycles. The highest BCUT2D eigenvalue weighted by Crippen LogP contribution is 2.21. The number of methoxy groups -OCH3 is 1. The van der Waals surface area contributed by atoms with Gasteiger partial charge in [-0.15, -0.1) is 0 Å². The Morgan fingerprint density at radius 3 is 2.80 bits per heavy atom. The van der Waals surface area contributed by atoms with E-state index in [4.69, 9.17) is 4.74 Å². The predicted molar refractivity (Wildman–Crippen MR) is 98.6 cm³/mol. The number of amides is 1. The number of benzene rings is 1. The van der Waals surface area contributed by atoms with Gasteiger partial charge in [-0.3, -0.25) is 9.48 Å². The van der Waals surface area contributed by atoms with Crippen LogP contribution in [0.1, 0.15) is 18.9 Å². The van der Waals surface area contributed by atoms with Crippen LogP contribution in [0.15, 0.2) is 42.2 Å². The first-order valence-electron chi connectivity index (χ1n) is 8.41. The van der Waals surface area contributed by atoms with Gasteiger partial charge in [0.2, 0.25) is 5.91 Å². The minimum absolute atomic E-state index is 0.116. The lowest BCUT2D eigenvalue weighted by molar-refractivity contribution is -0.118. The Labute approximate surface area is 148 Å². The number of ether oxygens (including phenoxy) is 1. The topological polar surface area (TPSA) is 59.4 Å². The molecule has 3 rings (SSSR count). The van der Waals surface area contributed by atoms with Crippen LogP contribution >= 0.6 is 0 Å². The lowest BCUT2D eigenvalue weighted by atomic mass is 10.1. The monoisotopic (exact) mass is 340 g/mol. The normalized spacial score (nSPS) is 18.0. The maximum atomic E-state index is 12.5. The lowest BCUT2D eigenvalue weighted by Crippen LogP contribution is -2.38. The number of nitrogens with one attached hydrogen (secondary N) is 1. The minimum Gasteiger partial charge on any atom is -0.497 e. The first kappa shape index (κ1) is 17.2. The molecule has 0 radical (unpaired) electrons. The maximum absolute atomic E-state index is 12.5. The molecule has 1 aromatic carbocycles. The third-order valence-corrected chi connectivity index (χ3v) is 4.36. The quantitative estimate of drug-likeness (QED) is 0.876. The second-order valence-electron chi connectivity index (χ2n) is 6.35. The van der Waals surface area contributed by atoms with Crippen LogP contribution in [0.4, 0.5) is 5.69 Å². The van der Waals surface area contributed by atoms with Crippen molar-refractivity contribution in [2.75, 3.05) is 25.1 Å². The van der Waals surface area contributed by atoms with Gasteiger partial charge in [-0.25, -0.2) is 0 Å². The summed E-state index contributed by atoms with van der Waals surface area (Å²) in [7, 11) is 3.51. The highest BCUT2D eigenvalue weighted by atomic mass is 16.5. The van der Waals surface area contributed by atoms with E-state index in [2.05, 4.69) is 23.4 Å². The van der Waals surface area contributed by atoms with Crippen molar-refractivity contribution in [3.05, 3.63) is 47.8 Å². The van der Waals surface area contributed by atoms with Gasteiger partial charge in [-0.05, 0) is 31.0 Å². The van der Waals surface area contributed by atoms with Crippen LogP contribution in [-0.4, -0.2) is 41.9 Å². The van der Waals surface area contributed by atoms with Crippen LogP contribution in [0, 0.1) is 0 Å². The van der Waals surface area contributed by atoms with E-state index in [9.17, 15) is 4.79 Å². The highest BCUT2D eigenvalue weighted by Gasteiger charge is 2.32. The molecule has 0 saturated carbocycles. The number of carbonyl (C=O) groups excluding carboxylic acids is 1. The number of carbonyl (C=O) groups is 1. The summed E-state index contributed by atoms with van der Waals surface area (Å²) in [4.78, 5) is 14.3. The fraction of sp³-hybridized carbons (Fsp3) is 0.368. The smallest absolute Gasteiger partial charge is 0.244 e. The van der Waals surface area contributed by atoms with E-state index in [0.29, 0.717) is 6.54 Å². The number of hydrogen-bond donors (Lipinski definition) is 1. The van der Waals surface area contributed by atoms with Crippen molar-refractivity contribution < 1.29 is 9.53 Å². The zero-order valence-electron chi connectivity index (χ0n) is 14.9. The van der Waals surface area contributed by atoms with E-state index in [-0.39, 0.29) is 11.9 Å². The zero-order valence-corrected chi connectivity index (χ0v) is 14.9. The summed E-state index contributed by atoms with van der Waals surface area (Å²) in [5.41, 5.74) is 3.16. The average Bonchev–Trinajstić information content (AvgIpc) is 3.19. The molecule has 132 valence electrons. The van der Waals surface area contributed by atoms with Gasteiger partial charge in [0.1, 0.15) is 5.75 Å². The Morgan fingerprint density at radius 2 is 2.16 bits per heavy atom. The van der Waals surface area contributed by atoms with Gasteiger partial charge < -0.3 is 15.0 Å². The molecule has 6 nitrogen and oxygen atoms in total. The SMILES string of the molecule is COc1ccc(C=C(C)CNC2CCN(c3cnn(C)c3)C2=O)cc1. The van der Waals surface area contributed by atoms with Crippen molar-refractivity contribution in [2.24, 2.45) is 7.05 Å². The number of rotatable bonds is 6. The van der Waals surface area contributed by atoms with Crippen LogP contribution in [0.3, 0.4) is 0 Å². The summed E-state index contributed by atoms with van der Waals surface area (Å²) in [5, 5.41) is 7.51. The molecule has 0 aliphatic carbocycles. The van der Waals surface area contributed by atoms with Gasteiger partial charge in [-0.1, -0.05) is 23.8 Å². The van der Waals surface area contributed by atoms with Crippen molar-refractivity contribution >= 4 is 17.7 Å². The third-order valence-electron chi connectivity index (χ3n) is 4.36. The molecule has 25 heavy (non-hydrogen) atoms. The summed E-state index contributed by atoms with van der Waals surface area (Å²) in [5.74, 6) is 0.963. The van der Waals surface area contributed by atoms with Gasteiger partial charge >= 0.3 is 0 Å². The van der Waals surface area contributed by atoms with Crippen LogP contribution in [0.2, 0.25) is 0 Å². The fourth-order valence-corrected chi connectivity index (χ4v) is 2.99. The first-order valence-corrected chi connectivity index (χ1v) is 8.41. The lowest BCUT2D eigenvalue weighted by Gasteiger charge is -2.15. The number of aromatic nitrogens is 2. The minimum atomic E-state index is -0.139. The molecular formula is C19H24N4O2. The number of nitrogens with zero attached hydrogens (tertiary/aromatic N) is 3. The van der Waals surface area contributed by atoms with Crippen LogP contribution in [-0.2, 0) is 11.8 Å². The predicted octanol–water partition coefficient (Wildman–Crippen LogP) is 2.23. The summed E-state index contributed by atoms with van der Waals surface area (Å²) in [6.45, 7) is 3.47. The van der Waals surface area contributed by atoms with Gasteiger partial charge in [-0.2, -0.15) is 5.10 Å². The number of anilines is 1. The van der Waals surface area contributed by atoms with Crippen molar-refractivity contribution in [2.45, 2.75) is 19.4 Å². The van der Waals surface area contributed by atoms with E-state index >= 15 is 0 Å². The Morgan fingerprint density at radius 1 is 1.40 bits per heavy atom. The molecule has 0 bridgehead atoms. The summed E-state index contributed by atoms with van der Waals surface area (Å²) in [6, 6.07) is 7.79. The molecule has 1 atom stereocenters. The molecule has 1 aromatic heterocycles. The van der Waals surface area contributed by atoms with Gasteiger partial charge in [0.25, 0.3) is 0 Å². The van der Waals surface area contributed by atoms with Crippen molar-refractivity contribution in [3.63, 3.8) is 0 Å². The number of hydrogen-bond acceptors (Lipinski definition) is 4. The summed E-state index contributed by atoms with van der Waals surface area (Å²) < 4.78 is 6.88. The Bertz CT molecular complexity index is 764. The van der Waals surface area contributed by atoms with Crippen molar-refractivity contribution in [1.82, 2.24) is 15.1 Å². The second kappa shape index (κ2) is 7.53. The summed E-state index contributed by atoms with van der Waals surface area (Å²) in [6.07, 6.45) is 6.53. The van der Waals surface area contributed by atoms with E-state index < -0.39 is 0 Å². The van der Waals surface area contributed by atoms with Crippen LogP contribution in [0.25, 0.3) is 6.08 Å². The Balaban J connectivity index is 1.56. The summed E-state index contributed by atoms with van der Waals surface area (Å²) >= 11 is 0. The van der Waals surface area contributed by atoms with E-state index in [1.165, 1.54) is 5.57 Å². The molecule has 1 aliphatic rings. The standard InChI is InChI=1S/C19H24N4O2/c1-14(10-15-4-6-17(25-3)7-5-15)11-20-18-8-9-23(19(18)24)16-12-21-22(2)13-16/h4-7,10,12-13,18,20H,8-9,11H2,1-3H3. The molecule has 2 aromatic rings. The Hall–Kier alpha value is -2.60. The average molecular weight is 340 g/mol. The molecule has 1 aliphatic heterocycles. The molecule has 1 fully saturated rings. The number of aryl methyl sites for hydroxylation is 1. The van der Waals surface area contributed by atoms with E-state index in [1.807, 2.05) is 37.5 Å². The van der Waals surface area contributed by atoms with Gasteiger partial charge in [0, 0.05) is 26.3 Å². The van der Waals surface area contributed by atoms with Crippen LogP contribution < -0.4 is 15.0 Å². The molecule has 6 heteroatoms. The maximum Gasteiger partial charge on any atom is 0.244 e. The molecule has 1 amide bonds. The van der Waals surface area contributed by atoms with Crippen molar-refractivity contribution in [1.29, 1.82) is 0 Å². The third kappa shape index (κ3) is 4.09. The first-order chi connectivity index (χ1) is 12.1. The molecule has 0 spiro atoms. The van der Waals surface area contributed by atoms with Gasteiger partial charge in [0.05, 0.1) is 25.0 Å².